The van der Waals surface area contributed by atoms with E-state index in [2.05, 4.69) is 52.4 Å². The largest absolute Gasteiger partial charge is 0.496 e. The molecular weight excluding hydrogens is 1770 g/mol. The van der Waals surface area contributed by atoms with Gasteiger partial charge >= 0.3 is 0 Å². The minimum atomic E-state index is 0.0147. The average Bonchev–Trinajstić information content (AvgIpc) is 0.814. The molecule has 0 spiro atoms. The van der Waals surface area contributed by atoms with Crippen LogP contribution in [0.3, 0.4) is 0 Å². The molecule has 0 bridgehead atoms. The van der Waals surface area contributed by atoms with E-state index in [0.29, 0.717) is 469 Å². The van der Waals surface area contributed by atoms with Crippen LogP contribution in [0.4, 0.5) is 11.8 Å². The lowest BCUT2D eigenvalue weighted by Gasteiger charge is -2.19. The van der Waals surface area contributed by atoms with Gasteiger partial charge in [0.25, 0.3) is 0 Å². The topological polar surface area (TPSA) is 420 Å². The molecule has 0 unspecified atom stereocenters. The Morgan fingerprint density at radius 1 is 0.284 bits per heavy atom. The Morgan fingerprint density at radius 2 is 0.485 bits per heavy atom. The van der Waals surface area contributed by atoms with Gasteiger partial charge in [-0.15, -0.1) is 0 Å². The first-order valence-electron chi connectivity index (χ1n) is 48.0. The molecule has 1 heterocycles. The summed E-state index contributed by atoms with van der Waals surface area (Å²) in [5, 5.41) is 12.1. The predicted octanol–water partition coefficient (Wildman–Crippen LogP) is 3.57. The summed E-state index contributed by atoms with van der Waals surface area (Å²) in [6.07, 6.45) is 4.02. The van der Waals surface area contributed by atoms with Gasteiger partial charge in [0.1, 0.15) is 11.6 Å². The lowest BCUT2D eigenvalue weighted by Crippen LogP contribution is -2.23. The molecule has 42 heteroatoms. The lowest BCUT2D eigenvalue weighted by atomic mass is 10.0. The highest BCUT2D eigenvalue weighted by Gasteiger charge is 2.16. The fraction of sp³-hybridized carbons (Fsp3) is 0.891. The molecule has 2 rings (SSSR count). The fourth-order valence-corrected chi connectivity index (χ4v) is 11.0. The van der Waals surface area contributed by atoms with Gasteiger partial charge in [-0.3, -0.25) is 4.90 Å². The SMILES string of the molecule is CCCCCNc1nc(N)nc(C)c1Cc1ccc(CN(C)CCOCCOCCOCCOCCOCCOCCOCCOCCOCCOCCOCCOCCOCCOCCOCCOCCOCCOCCOCCOCCOCCOCCOCCOCCOCCOCCOCCOCCOCCOCCOCCOCCOCCOCCOCCO)cc1OC. The number of ether oxygens (including phenoxy) is 36. The third-order valence-corrected chi connectivity index (χ3v) is 18.0. The van der Waals surface area contributed by atoms with Crippen molar-refractivity contribution in [3.8, 4) is 5.75 Å². The van der Waals surface area contributed by atoms with E-state index < -0.39 is 0 Å². The van der Waals surface area contributed by atoms with Gasteiger partial charge in [0.2, 0.25) is 5.95 Å². The minimum absolute atomic E-state index is 0.0147. The van der Waals surface area contributed by atoms with Crippen molar-refractivity contribution in [1.29, 1.82) is 0 Å². The molecule has 2 aromatic rings. The van der Waals surface area contributed by atoms with E-state index in [1.807, 2.05) is 6.92 Å². The maximum absolute atomic E-state index is 8.63. The molecular formula is C92H175N5O37. The van der Waals surface area contributed by atoms with Gasteiger partial charge in [-0.25, -0.2) is 4.98 Å². The normalized spacial score (nSPS) is 11.8. The van der Waals surface area contributed by atoms with Crippen LogP contribution in [0.5, 0.6) is 5.75 Å². The van der Waals surface area contributed by atoms with Gasteiger partial charge in [-0.2, -0.15) is 4.98 Å². The predicted molar refractivity (Wildman–Crippen MR) is 497 cm³/mol. The number of aliphatic hydroxyl groups is 1. The summed E-state index contributed by atoms with van der Waals surface area (Å²) in [5.41, 5.74) is 10.1. The van der Waals surface area contributed by atoms with Crippen LogP contribution in [0.25, 0.3) is 0 Å². The van der Waals surface area contributed by atoms with Crippen LogP contribution in [0, 0.1) is 6.92 Å². The number of likely N-dealkylation sites (N-methyl/N-ethyl adjacent to an activating group) is 1. The molecule has 0 amide bonds. The Hall–Kier alpha value is -3.78. The molecule has 0 atom stereocenters. The van der Waals surface area contributed by atoms with Crippen molar-refractivity contribution in [2.75, 3.05) is 507 Å². The summed E-state index contributed by atoms with van der Waals surface area (Å²) < 4.78 is 200. The van der Waals surface area contributed by atoms with E-state index in [-0.39, 0.29) is 12.6 Å². The second-order valence-corrected chi connectivity index (χ2v) is 28.8. The Labute approximate surface area is 798 Å². The molecule has 0 aliphatic rings. The summed E-state index contributed by atoms with van der Waals surface area (Å²) in [6.45, 7) is 40.1. The van der Waals surface area contributed by atoms with Crippen LogP contribution >= 0.6 is 0 Å². The summed E-state index contributed by atoms with van der Waals surface area (Å²) >= 11 is 0. The van der Waals surface area contributed by atoms with E-state index >= 15 is 0 Å². The molecule has 42 nitrogen and oxygen atoms in total. The number of nitrogens with one attached hydrogen (secondary N) is 1. The number of aryl methyl sites for hydroxylation is 1. The zero-order valence-corrected chi connectivity index (χ0v) is 81.9. The Bertz CT molecular complexity index is 2600. The van der Waals surface area contributed by atoms with Gasteiger partial charge in [0, 0.05) is 37.3 Å². The molecule has 0 saturated carbocycles. The van der Waals surface area contributed by atoms with E-state index in [9.17, 15) is 0 Å². The van der Waals surface area contributed by atoms with Crippen LogP contribution in [0.1, 0.15) is 48.6 Å². The Kier molecular flexibility index (Phi) is 102. The standard InChI is InChI=1S/C92H175N5O37/c1-5-6-7-10-94-91-89(86(2)95-92(93)96-91)84-88-9-8-87(83-90(88)99-4)85-97(3)11-13-100-15-17-102-19-21-104-23-25-106-27-29-108-31-33-110-35-37-112-39-41-114-43-45-116-47-49-118-51-53-120-55-57-122-59-61-124-63-65-126-67-69-128-71-73-130-75-77-132-79-81-134-82-80-133-78-76-131-74-72-129-70-68-127-66-64-125-62-60-123-58-56-121-54-52-119-50-48-117-46-44-115-42-40-113-38-36-111-34-32-109-30-28-107-26-24-105-22-20-103-18-16-101-14-12-98/h8-9,83,98H,5-7,10-82,84-85H2,1-4H3,(H3,93,94,95,96). The number of rotatable bonds is 117. The summed E-state index contributed by atoms with van der Waals surface area (Å²) in [5.74, 6) is 1.90. The molecule has 790 valence electrons. The summed E-state index contributed by atoms with van der Waals surface area (Å²) in [4.78, 5) is 11.2. The zero-order chi connectivity index (χ0) is 95.5. The van der Waals surface area contributed by atoms with Gasteiger partial charge in [0.05, 0.1) is 476 Å². The first-order valence-corrected chi connectivity index (χ1v) is 48.0. The van der Waals surface area contributed by atoms with Crippen LogP contribution in [-0.2, 0) is 179 Å². The smallest absolute Gasteiger partial charge is 0.222 e. The number of hydrogen-bond acceptors (Lipinski definition) is 42. The number of hydrogen-bond donors (Lipinski definition) is 3. The van der Waals surface area contributed by atoms with Crippen LogP contribution in [-0.4, -0.2) is 516 Å². The summed E-state index contributed by atoms with van der Waals surface area (Å²) in [6, 6.07) is 6.37. The highest BCUT2D eigenvalue weighted by molar-refractivity contribution is 5.53. The first-order chi connectivity index (χ1) is 66.5. The van der Waals surface area contributed by atoms with Gasteiger partial charge in [-0.05, 0) is 37.6 Å². The lowest BCUT2D eigenvalue weighted by molar-refractivity contribution is -0.0327. The molecule has 4 N–H and O–H groups in total. The number of anilines is 2. The number of benzene rings is 1. The van der Waals surface area contributed by atoms with Crippen molar-refractivity contribution in [2.24, 2.45) is 0 Å². The molecule has 0 saturated heterocycles. The number of nitrogens with two attached hydrogens (primary N) is 1. The quantitative estimate of drug-likeness (QED) is 0.0797. The minimum Gasteiger partial charge on any atom is -0.496 e. The molecule has 0 fully saturated rings. The number of methoxy groups -OCH3 is 1. The summed E-state index contributed by atoms with van der Waals surface area (Å²) in [7, 11) is 3.79. The Morgan fingerprint density at radius 3 is 0.679 bits per heavy atom. The maximum Gasteiger partial charge on any atom is 0.222 e. The average molecular weight is 1940 g/mol. The number of aliphatic hydroxyl groups excluding tert-OH is 1. The number of aromatic nitrogens is 2. The molecule has 0 aliphatic heterocycles. The number of nitrogens with zero attached hydrogens (tertiary/aromatic N) is 3. The first kappa shape index (κ1) is 126. The fourth-order valence-electron chi connectivity index (χ4n) is 11.0. The number of nitrogen functional groups attached to an aromatic ring is 1. The van der Waals surface area contributed by atoms with Gasteiger partial charge in [0.15, 0.2) is 0 Å². The third kappa shape index (κ3) is 93.2. The molecule has 0 aliphatic carbocycles. The third-order valence-electron chi connectivity index (χ3n) is 18.0. The second-order valence-electron chi connectivity index (χ2n) is 28.8. The van der Waals surface area contributed by atoms with Crippen molar-refractivity contribution >= 4 is 11.8 Å². The van der Waals surface area contributed by atoms with Crippen molar-refractivity contribution in [3.63, 3.8) is 0 Å². The Balaban J connectivity index is 1.11. The molecule has 0 radical (unpaired) electrons. The molecule has 1 aromatic carbocycles. The monoisotopic (exact) mass is 1940 g/mol. The second kappa shape index (κ2) is 108. The van der Waals surface area contributed by atoms with Crippen LogP contribution in [0.15, 0.2) is 18.2 Å². The van der Waals surface area contributed by atoms with Crippen molar-refractivity contribution in [2.45, 2.75) is 46.1 Å². The highest BCUT2D eigenvalue weighted by atomic mass is 16.6. The van der Waals surface area contributed by atoms with E-state index in [0.717, 1.165) is 72.8 Å². The van der Waals surface area contributed by atoms with Gasteiger partial charge < -0.3 is 187 Å². The van der Waals surface area contributed by atoms with Crippen LogP contribution < -0.4 is 15.8 Å². The molecule has 1 aromatic heterocycles. The van der Waals surface area contributed by atoms with Crippen molar-refractivity contribution in [3.05, 3.63) is 40.6 Å². The van der Waals surface area contributed by atoms with Gasteiger partial charge in [-0.1, -0.05) is 31.9 Å². The maximum atomic E-state index is 8.63. The zero-order valence-electron chi connectivity index (χ0n) is 81.9. The van der Waals surface area contributed by atoms with Crippen molar-refractivity contribution in [1.82, 2.24) is 14.9 Å². The highest BCUT2D eigenvalue weighted by Crippen LogP contribution is 2.28. The van der Waals surface area contributed by atoms with Crippen LogP contribution in [0.2, 0.25) is 0 Å². The van der Waals surface area contributed by atoms with E-state index in [4.69, 9.17) is 181 Å². The van der Waals surface area contributed by atoms with E-state index in [1.165, 1.54) is 0 Å². The number of unbranched alkanes of at least 4 members (excludes halogenated alkanes) is 2. The van der Waals surface area contributed by atoms with E-state index in [1.54, 1.807) is 7.11 Å². The van der Waals surface area contributed by atoms with Crippen molar-refractivity contribution < 1.29 is 176 Å². The molecule has 134 heavy (non-hydrogen) atoms.